The third-order valence-corrected chi connectivity index (χ3v) is 3.24. The van der Waals surface area contributed by atoms with E-state index in [0.29, 0.717) is 17.3 Å². The van der Waals surface area contributed by atoms with Crippen LogP contribution in [0.3, 0.4) is 0 Å². The molecule has 1 aromatic rings. The first-order valence-corrected chi connectivity index (χ1v) is 5.92. The lowest BCUT2D eigenvalue weighted by Crippen LogP contribution is -2.48. The Bertz CT molecular complexity index is 437. The molecule has 2 rings (SSSR count). The lowest BCUT2D eigenvalue weighted by molar-refractivity contribution is -0.120. The third-order valence-electron chi connectivity index (χ3n) is 2.93. The zero-order chi connectivity index (χ0) is 12.4. The first kappa shape index (κ1) is 12.2. The second-order valence-corrected chi connectivity index (χ2v) is 4.46. The maximum absolute atomic E-state index is 11.9. The normalized spacial score (nSPS) is 20.5. The van der Waals surface area contributed by atoms with Crippen molar-refractivity contribution in [3.63, 3.8) is 0 Å². The van der Waals surface area contributed by atoms with Crippen molar-refractivity contribution in [1.82, 2.24) is 0 Å². The molecule has 1 unspecified atom stereocenters. The second kappa shape index (κ2) is 4.94. The van der Waals surface area contributed by atoms with Crippen molar-refractivity contribution < 1.29 is 9.53 Å². The van der Waals surface area contributed by atoms with E-state index in [1.165, 1.54) is 0 Å². The molecular formula is C12H15ClN2O2. The van der Waals surface area contributed by atoms with Crippen LogP contribution in [0.4, 0.5) is 5.69 Å². The Morgan fingerprint density at radius 1 is 1.53 bits per heavy atom. The Labute approximate surface area is 105 Å². The van der Waals surface area contributed by atoms with Crippen molar-refractivity contribution >= 4 is 23.2 Å². The number of nitrogens with zero attached hydrogens (tertiary/aromatic N) is 1. The van der Waals surface area contributed by atoms with E-state index in [1.807, 2.05) is 0 Å². The molecule has 2 N–H and O–H groups in total. The minimum Gasteiger partial charge on any atom is -0.495 e. The van der Waals surface area contributed by atoms with E-state index in [9.17, 15) is 4.79 Å². The van der Waals surface area contributed by atoms with Gasteiger partial charge in [0.15, 0.2) is 0 Å². The highest BCUT2D eigenvalue weighted by Gasteiger charge is 2.27. The molecule has 1 aromatic carbocycles. The summed E-state index contributed by atoms with van der Waals surface area (Å²) >= 11 is 5.95. The monoisotopic (exact) mass is 254 g/mol. The molecule has 92 valence electrons. The van der Waals surface area contributed by atoms with E-state index in [4.69, 9.17) is 22.1 Å². The average Bonchev–Trinajstić information content (AvgIpc) is 2.34. The van der Waals surface area contributed by atoms with Gasteiger partial charge in [-0.1, -0.05) is 11.6 Å². The molecule has 17 heavy (non-hydrogen) atoms. The molecule has 0 aromatic heterocycles. The van der Waals surface area contributed by atoms with Gasteiger partial charge in [-0.2, -0.15) is 0 Å². The summed E-state index contributed by atoms with van der Waals surface area (Å²) in [5, 5.41) is 0.532. The SMILES string of the molecule is COc1cc(N2CCCC(N)C2=O)ccc1Cl. The van der Waals surface area contributed by atoms with Gasteiger partial charge in [0.25, 0.3) is 0 Å². The van der Waals surface area contributed by atoms with Gasteiger partial charge in [0.05, 0.1) is 18.2 Å². The van der Waals surface area contributed by atoms with E-state index >= 15 is 0 Å². The van der Waals surface area contributed by atoms with Gasteiger partial charge in [0.2, 0.25) is 5.91 Å². The van der Waals surface area contributed by atoms with E-state index < -0.39 is 6.04 Å². The van der Waals surface area contributed by atoms with Crippen LogP contribution in [-0.4, -0.2) is 25.6 Å². The number of anilines is 1. The largest absolute Gasteiger partial charge is 0.495 e. The van der Waals surface area contributed by atoms with Crippen LogP contribution in [-0.2, 0) is 4.79 Å². The van der Waals surface area contributed by atoms with E-state index in [2.05, 4.69) is 0 Å². The number of nitrogens with two attached hydrogens (primary N) is 1. The predicted octanol–water partition coefficient (Wildman–Crippen LogP) is 1.80. The second-order valence-electron chi connectivity index (χ2n) is 4.06. The molecule has 4 nitrogen and oxygen atoms in total. The average molecular weight is 255 g/mol. The highest BCUT2D eigenvalue weighted by molar-refractivity contribution is 6.32. The number of amides is 1. The van der Waals surface area contributed by atoms with Gasteiger partial charge in [-0.15, -0.1) is 0 Å². The van der Waals surface area contributed by atoms with Crippen LogP contribution >= 0.6 is 11.6 Å². The van der Waals surface area contributed by atoms with Crippen molar-refractivity contribution in [2.24, 2.45) is 5.73 Å². The summed E-state index contributed by atoms with van der Waals surface area (Å²) in [6.07, 6.45) is 1.66. The smallest absolute Gasteiger partial charge is 0.243 e. The molecule has 0 radical (unpaired) electrons. The zero-order valence-corrected chi connectivity index (χ0v) is 10.4. The number of benzene rings is 1. The minimum atomic E-state index is -0.398. The van der Waals surface area contributed by atoms with Crippen LogP contribution < -0.4 is 15.4 Å². The summed E-state index contributed by atoms with van der Waals surface area (Å²) in [6.45, 7) is 0.692. The number of carbonyl (C=O) groups is 1. The molecule has 1 saturated heterocycles. The molecule has 1 atom stereocenters. The van der Waals surface area contributed by atoms with Crippen molar-refractivity contribution in [3.8, 4) is 5.75 Å². The van der Waals surface area contributed by atoms with Crippen molar-refractivity contribution in [1.29, 1.82) is 0 Å². The van der Waals surface area contributed by atoms with Gasteiger partial charge in [0, 0.05) is 18.3 Å². The number of hydrogen-bond donors (Lipinski definition) is 1. The van der Waals surface area contributed by atoms with Crippen molar-refractivity contribution in [2.45, 2.75) is 18.9 Å². The van der Waals surface area contributed by atoms with Gasteiger partial charge >= 0.3 is 0 Å². The van der Waals surface area contributed by atoms with Crippen LogP contribution in [0, 0.1) is 0 Å². The van der Waals surface area contributed by atoms with Crippen LogP contribution in [0.2, 0.25) is 5.02 Å². The molecule has 5 heteroatoms. The fourth-order valence-electron chi connectivity index (χ4n) is 1.98. The highest BCUT2D eigenvalue weighted by atomic mass is 35.5. The van der Waals surface area contributed by atoms with Crippen LogP contribution in [0.25, 0.3) is 0 Å². The fourth-order valence-corrected chi connectivity index (χ4v) is 2.17. The Hall–Kier alpha value is -1.26. The Morgan fingerprint density at radius 2 is 2.29 bits per heavy atom. The number of ether oxygens (including phenoxy) is 1. The summed E-state index contributed by atoms with van der Waals surface area (Å²) in [6, 6.07) is 4.90. The van der Waals surface area contributed by atoms with Crippen LogP contribution in [0.15, 0.2) is 18.2 Å². The van der Waals surface area contributed by atoms with E-state index in [-0.39, 0.29) is 5.91 Å². The van der Waals surface area contributed by atoms with Crippen LogP contribution in [0.5, 0.6) is 5.75 Å². The molecular weight excluding hydrogens is 240 g/mol. The first-order chi connectivity index (χ1) is 8.13. The fraction of sp³-hybridized carbons (Fsp3) is 0.417. The van der Waals surface area contributed by atoms with E-state index in [0.717, 1.165) is 18.5 Å². The molecule has 1 heterocycles. The quantitative estimate of drug-likeness (QED) is 0.876. The van der Waals surface area contributed by atoms with Gasteiger partial charge in [-0.3, -0.25) is 4.79 Å². The van der Waals surface area contributed by atoms with E-state index in [1.54, 1.807) is 30.2 Å². The molecule has 0 spiro atoms. The summed E-state index contributed by atoms with van der Waals surface area (Å²) in [5.74, 6) is 0.525. The maximum Gasteiger partial charge on any atom is 0.243 e. The van der Waals surface area contributed by atoms with Gasteiger partial charge in [0.1, 0.15) is 5.75 Å². The molecule has 1 amide bonds. The standard InChI is InChI=1S/C12H15ClN2O2/c1-17-11-7-8(4-5-9(11)13)15-6-2-3-10(14)12(15)16/h4-5,7,10H,2-3,6,14H2,1H3. The van der Waals surface area contributed by atoms with Crippen molar-refractivity contribution in [2.75, 3.05) is 18.6 Å². The number of methoxy groups -OCH3 is 1. The van der Waals surface area contributed by atoms with Gasteiger partial charge in [-0.05, 0) is 25.0 Å². The van der Waals surface area contributed by atoms with Gasteiger partial charge in [-0.25, -0.2) is 0 Å². The zero-order valence-electron chi connectivity index (χ0n) is 9.65. The lowest BCUT2D eigenvalue weighted by Gasteiger charge is -2.30. The predicted molar refractivity (Wildman–Crippen MR) is 67.6 cm³/mol. The molecule has 0 aliphatic carbocycles. The Kier molecular flexibility index (Phi) is 3.54. The number of rotatable bonds is 2. The first-order valence-electron chi connectivity index (χ1n) is 5.54. The minimum absolute atomic E-state index is 0.0411. The lowest BCUT2D eigenvalue weighted by atomic mass is 10.0. The Morgan fingerprint density at radius 3 is 3.00 bits per heavy atom. The number of hydrogen-bond acceptors (Lipinski definition) is 3. The molecule has 0 bridgehead atoms. The topological polar surface area (TPSA) is 55.6 Å². The summed E-state index contributed by atoms with van der Waals surface area (Å²) < 4.78 is 5.14. The molecule has 0 saturated carbocycles. The Balaban J connectivity index is 2.30. The van der Waals surface area contributed by atoms with Gasteiger partial charge < -0.3 is 15.4 Å². The summed E-state index contributed by atoms with van der Waals surface area (Å²) in [7, 11) is 1.55. The summed E-state index contributed by atoms with van der Waals surface area (Å²) in [4.78, 5) is 13.6. The van der Waals surface area contributed by atoms with Crippen LogP contribution in [0.1, 0.15) is 12.8 Å². The maximum atomic E-state index is 11.9. The van der Waals surface area contributed by atoms with Crippen molar-refractivity contribution in [3.05, 3.63) is 23.2 Å². The highest BCUT2D eigenvalue weighted by Crippen LogP contribution is 2.30. The molecule has 1 fully saturated rings. The molecule has 1 aliphatic rings. The summed E-state index contributed by atoms with van der Waals surface area (Å²) in [5.41, 5.74) is 6.54. The number of halogens is 1. The third kappa shape index (κ3) is 2.37. The number of carbonyl (C=O) groups excluding carboxylic acids is 1. The number of piperidine rings is 1. The molecule has 1 aliphatic heterocycles.